The van der Waals surface area contributed by atoms with Gasteiger partial charge in [-0.3, -0.25) is 0 Å². The zero-order valence-electron chi connectivity index (χ0n) is 5.34. The molecular weight excluding hydrogens is 219 g/mol. The number of benzene rings is 1. The maximum absolute atomic E-state index is 5.60. The van der Waals surface area contributed by atoms with E-state index in [2.05, 4.69) is 12.6 Å². The molecule has 0 fully saturated rings. The summed E-state index contributed by atoms with van der Waals surface area (Å²) in [7, 11) is 0. The van der Waals surface area contributed by atoms with Gasteiger partial charge in [-0.15, -0.1) is 12.6 Å². The van der Waals surface area contributed by atoms with Crippen molar-refractivity contribution in [1.29, 1.82) is 0 Å². The van der Waals surface area contributed by atoms with Crippen LogP contribution in [0.25, 0.3) is 0 Å². The summed E-state index contributed by atoms with van der Waals surface area (Å²) >= 11 is 9.66. The van der Waals surface area contributed by atoms with Crippen molar-refractivity contribution in [3.63, 3.8) is 0 Å². The SMILES string of the molecule is Nc1cc(Cl)ccc1S.[Zn+2]. The molecule has 1 nitrogen and oxygen atoms in total. The van der Waals surface area contributed by atoms with Gasteiger partial charge in [-0.25, -0.2) is 0 Å². The zero-order valence-corrected chi connectivity index (χ0v) is 9.96. The molecule has 0 unspecified atom stereocenters. The van der Waals surface area contributed by atoms with Crippen LogP contribution in [-0.2, 0) is 19.5 Å². The van der Waals surface area contributed by atoms with Crippen LogP contribution in [0.5, 0.6) is 0 Å². The van der Waals surface area contributed by atoms with Crippen molar-refractivity contribution in [1.82, 2.24) is 0 Å². The molecule has 0 aliphatic heterocycles. The van der Waals surface area contributed by atoms with Crippen molar-refractivity contribution in [2.24, 2.45) is 0 Å². The second kappa shape index (κ2) is 4.22. The van der Waals surface area contributed by atoms with Crippen molar-refractivity contribution in [2.75, 3.05) is 5.73 Å². The van der Waals surface area contributed by atoms with Gasteiger partial charge < -0.3 is 5.73 Å². The molecule has 4 heteroatoms. The van der Waals surface area contributed by atoms with E-state index in [1.807, 2.05) is 0 Å². The van der Waals surface area contributed by atoms with Crippen LogP contribution in [-0.4, -0.2) is 0 Å². The van der Waals surface area contributed by atoms with Crippen LogP contribution in [0.4, 0.5) is 5.69 Å². The number of nitrogen functional groups attached to an aromatic ring is 1. The van der Waals surface area contributed by atoms with Crippen LogP contribution >= 0.6 is 24.2 Å². The van der Waals surface area contributed by atoms with Crippen LogP contribution in [0.15, 0.2) is 23.1 Å². The molecule has 0 aliphatic rings. The molecule has 0 atom stereocenters. The second-order valence-electron chi connectivity index (χ2n) is 1.70. The molecule has 1 aromatic carbocycles. The molecule has 0 saturated heterocycles. The van der Waals surface area contributed by atoms with Crippen LogP contribution in [0.1, 0.15) is 0 Å². The van der Waals surface area contributed by atoms with Gasteiger partial charge in [-0.2, -0.15) is 0 Å². The maximum atomic E-state index is 5.60. The first kappa shape index (κ1) is 10.3. The molecule has 0 saturated carbocycles. The van der Waals surface area contributed by atoms with E-state index in [-0.39, 0.29) is 19.5 Å². The molecule has 48 valence electrons. The van der Waals surface area contributed by atoms with Gasteiger partial charge in [0, 0.05) is 15.6 Å². The largest absolute Gasteiger partial charge is 2.00 e. The van der Waals surface area contributed by atoms with Crippen LogP contribution < -0.4 is 5.73 Å². The van der Waals surface area contributed by atoms with E-state index < -0.39 is 0 Å². The Morgan fingerprint density at radius 2 is 2.00 bits per heavy atom. The fourth-order valence-electron chi connectivity index (χ4n) is 0.525. The van der Waals surface area contributed by atoms with Gasteiger partial charge in [0.1, 0.15) is 0 Å². The number of rotatable bonds is 0. The first-order valence-corrected chi connectivity index (χ1v) is 3.26. The Labute approximate surface area is 83.1 Å². The van der Waals surface area contributed by atoms with Crippen LogP contribution in [0.2, 0.25) is 5.02 Å². The number of hydrogen-bond acceptors (Lipinski definition) is 2. The molecule has 0 heterocycles. The molecule has 1 rings (SSSR count). The smallest absolute Gasteiger partial charge is 0.398 e. The summed E-state index contributed by atoms with van der Waals surface area (Å²) in [5.74, 6) is 0. The van der Waals surface area contributed by atoms with E-state index in [0.29, 0.717) is 10.7 Å². The summed E-state index contributed by atoms with van der Waals surface area (Å²) in [4.78, 5) is 0.763. The fraction of sp³-hybridized carbons (Fsp3) is 0. The Morgan fingerprint density at radius 3 is 2.40 bits per heavy atom. The molecule has 0 spiro atoms. The fourth-order valence-corrected chi connectivity index (χ4v) is 0.845. The minimum Gasteiger partial charge on any atom is -0.398 e. The number of halogens is 1. The first-order valence-electron chi connectivity index (χ1n) is 2.44. The molecule has 0 aromatic heterocycles. The molecular formula is C6H6ClNSZn+2. The average molecular weight is 225 g/mol. The summed E-state index contributed by atoms with van der Waals surface area (Å²) in [5.41, 5.74) is 6.08. The van der Waals surface area contributed by atoms with E-state index >= 15 is 0 Å². The summed E-state index contributed by atoms with van der Waals surface area (Å²) in [6, 6.07) is 5.19. The first-order chi connectivity index (χ1) is 4.20. The van der Waals surface area contributed by atoms with Crippen LogP contribution in [0, 0.1) is 0 Å². The molecule has 0 amide bonds. The summed E-state index contributed by atoms with van der Waals surface area (Å²) in [6.07, 6.45) is 0. The van der Waals surface area contributed by atoms with E-state index in [9.17, 15) is 0 Å². The second-order valence-corrected chi connectivity index (χ2v) is 2.62. The van der Waals surface area contributed by atoms with Gasteiger partial charge in [-0.1, -0.05) is 11.6 Å². The van der Waals surface area contributed by atoms with E-state index in [4.69, 9.17) is 17.3 Å². The van der Waals surface area contributed by atoms with Crippen molar-refractivity contribution >= 4 is 29.9 Å². The third-order valence-electron chi connectivity index (χ3n) is 0.990. The van der Waals surface area contributed by atoms with Crippen LogP contribution in [0.3, 0.4) is 0 Å². The van der Waals surface area contributed by atoms with E-state index in [1.54, 1.807) is 18.2 Å². The number of thiol groups is 1. The number of hydrogen-bond donors (Lipinski definition) is 2. The maximum Gasteiger partial charge on any atom is 2.00 e. The van der Waals surface area contributed by atoms with Gasteiger partial charge in [0.05, 0.1) is 0 Å². The van der Waals surface area contributed by atoms with Gasteiger partial charge in [-0.05, 0) is 18.2 Å². The average Bonchev–Trinajstić information content (AvgIpc) is 1.80. The summed E-state index contributed by atoms with van der Waals surface area (Å²) in [6.45, 7) is 0. The molecule has 0 radical (unpaired) electrons. The molecule has 0 bridgehead atoms. The Bertz CT molecular complexity index is 229. The Morgan fingerprint density at radius 1 is 1.40 bits per heavy atom. The van der Waals surface area contributed by atoms with Gasteiger partial charge in [0.2, 0.25) is 0 Å². The predicted molar refractivity (Wildman–Crippen MR) is 43.1 cm³/mol. The molecule has 1 aromatic rings. The zero-order chi connectivity index (χ0) is 6.85. The third kappa shape index (κ3) is 2.49. The van der Waals surface area contributed by atoms with Crippen molar-refractivity contribution in [2.45, 2.75) is 4.90 Å². The predicted octanol–water partition coefficient (Wildman–Crippen LogP) is 2.21. The van der Waals surface area contributed by atoms with Gasteiger partial charge >= 0.3 is 19.5 Å². The van der Waals surface area contributed by atoms with Crippen molar-refractivity contribution < 1.29 is 19.5 Å². The Balaban J connectivity index is 0.000000810. The monoisotopic (exact) mass is 223 g/mol. The Hall–Kier alpha value is 0.283. The van der Waals surface area contributed by atoms with E-state index in [0.717, 1.165) is 4.90 Å². The number of anilines is 1. The van der Waals surface area contributed by atoms with Gasteiger partial charge in [0.15, 0.2) is 0 Å². The van der Waals surface area contributed by atoms with Gasteiger partial charge in [0.25, 0.3) is 0 Å². The van der Waals surface area contributed by atoms with Crippen molar-refractivity contribution in [3.05, 3.63) is 23.2 Å². The quantitative estimate of drug-likeness (QED) is 0.395. The van der Waals surface area contributed by atoms with E-state index in [1.165, 1.54) is 0 Å². The minimum absolute atomic E-state index is 0. The molecule has 0 aliphatic carbocycles. The summed E-state index contributed by atoms with van der Waals surface area (Å²) in [5, 5.41) is 0.644. The standard InChI is InChI=1S/C6H6ClNS.Zn/c7-4-1-2-6(9)5(8)3-4;/h1-3,9H,8H2;/q;+2. The number of nitrogens with two attached hydrogens (primary N) is 1. The third-order valence-corrected chi connectivity index (χ3v) is 1.63. The topological polar surface area (TPSA) is 26.0 Å². The molecule has 10 heavy (non-hydrogen) atoms. The normalized spacial score (nSPS) is 8.60. The van der Waals surface area contributed by atoms with Crippen molar-refractivity contribution in [3.8, 4) is 0 Å². The molecule has 2 N–H and O–H groups in total. The minimum atomic E-state index is 0. The summed E-state index contributed by atoms with van der Waals surface area (Å²) < 4.78 is 0. The Kier molecular flexibility index (Phi) is 4.34.